The molecule has 0 radical (unpaired) electrons. The predicted molar refractivity (Wildman–Crippen MR) is 43.5 cm³/mol. The number of carbonyl (C=O) groups excluding carboxylic acids is 1. The summed E-state index contributed by atoms with van der Waals surface area (Å²) >= 11 is 10.9. The van der Waals surface area contributed by atoms with Gasteiger partial charge in [-0.25, -0.2) is 0 Å². The van der Waals surface area contributed by atoms with Crippen LogP contribution in [0.15, 0.2) is 22.2 Å². The Morgan fingerprint density at radius 1 is 1.36 bits per heavy atom. The number of aliphatic hydroxyl groups is 1. The van der Waals surface area contributed by atoms with Crippen LogP contribution in [0.5, 0.6) is 0 Å². The van der Waals surface area contributed by atoms with Gasteiger partial charge in [0.1, 0.15) is 5.60 Å². The number of allylic oxidation sites excluding steroid dienone is 2. The van der Waals surface area contributed by atoms with Crippen molar-refractivity contribution in [2.75, 3.05) is 0 Å². The highest BCUT2D eigenvalue weighted by Gasteiger charge is 2.26. The van der Waals surface area contributed by atoms with Crippen LogP contribution >= 0.6 is 23.2 Å². The fourth-order valence-corrected chi connectivity index (χ4v) is 1.49. The second kappa shape index (κ2) is 2.63. The third-order valence-corrected chi connectivity index (χ3v) is 1.83. The van der Waals surface area contributed by atoms with Crippen LogP contribution in [-0.4, -0.2) is 16.5 Å². The Morgan fingerprint density at radius 2 is 1.73 bits per heavy atom. The van der Waals surface area contributed by atoms with Gasteiger partial charge in [-0.2, -0.15) is 0 Å². The minimum atomic E-state index is -1.21. The fourth-order valence-electron chi connectivity index (χ4n) is 0.800. The molecule has 1 N–H and O–H groups in total. The molecule has 1 rings (SSSR count). The summed E-state index contributed by atoms with van der Waals surface area (Å²) in [7, 11) is 0. The lowest BCUT2D eigenvalue weighted by atomic mass is 10.00. The molecule has 0 aromatic heterocycles. The van der Waals surface area contributed by atoms with Crippen molar-refractivity contribution < 1.29 is 9.90 Å². The minimum absolute atomic E-state index is 0.0394. The van der Waals surface area contributed by atoms with Gasteiger partial charge in [0, 0.05) is 0 Å². The van der Waals surface area contributed by atoms with Gasteiger partial charge in [0.2, 0.25) is 5.78 Å². The third kappa shape index (κ3) is 1.83. The summed E-state index contributed by atoms with van der Waals surface area (Å²) in [6.07, 6.45) is 2.51. The molecule has 11 heavy (non-hydrogen) atoms. The number of Topliss-reactive ketones (excluding diaryl/α,β-unsaturated/α-hetero) is 1. The van der Waals surface area contributed by atoms with E-state index in [1.54, 1.807) is 0 Å². The smallest absolute Gasteiger partial charge is 0.215 e. The second-order valence-electron chi connectivity index (χ2n) is 2.54. The number of hydrogen-bond acceptors (Lipinski definition) is 2. The Balaban J connectivity index is 3.08. The molecule has 4 heteroatoms. The maximum Gasteiger partial charge on any atom is 0.215 e. The minimum Gasteiger partial charge on any atom is -0.382 e. The molecule has 0 atom stereocenters. The molecule has 0 saturated carbocycles. The van der Waals surface area contributed by atoms with Gasteiger partial charge >= 0.3 is 0 Å². The average Bonchev–Trinajstić information content (AvgIpc) is 1.81. The maximum absolute atomic E-state index is 10.9. The van der Waals surface area contributed by atoms with Crippen molar-refractivity contribution in [3.63, 3.8) is 0 Å². The van der Waals surface area contributed by atoms with Gasteiger partial charge in [0.05, 0.1) is 10.1 Å². The third-order valence-electron chi connectivity index (χ3n) is 1.27. The molecule has 2 nitrogen and oxygen atoms in total. The lowest BCUT2D eigenvalue weighted by molar-refractivity contribution is -0.111. The average molecular weight is 193 g/mol. The molecule has 0 bridgehead atoms. The van der Waals surface area contributed by atoms with E-state index in [0.29, 0.717) is 0 Å². The molecule has 0 amide bonds. The second-order valence-corrected chi connectivity index (χ2v) is 3.35. The molecular formula is C7H6Cl2O2. The molecule has 0 heterocycles. The Labute approximate surface area is 74.1 Å². The van der Waals surface area contributed by atoms with Crippen LogP contribution in [0.3, 0.4) is 0 Å². The van der Waals surface area contributed by atoms with Gasteiger partial charge in [-0.05, 0) is 19.1 Å². The Morgan fingerprint density at radius 3 is 2.09 bits per heavy atom. The maximum atomic E-state index is 10.9. The Kier molecular flexibility index (Phi) is 2.10. The first-order valence-corrected chi connectivity index (χ1v) is 3.72. The lowest BCUT2D eigenvalue weighted by Gasteiger charge is -2.18. The van der Waals surface area contributed by atoms with Crippen LogP contribution in [0.25, 0.3) is 0 Å². The van der Waals surface area contributed by atoms with E-state index in [2.05, 4.69) is 0 Å². The normalized spacial score (nSPS) is 22.7. The summed E-state index contributed by atoms with van der Waals surface area (Å²) < 4.78 is 0. The van der Waals surface area contributed by atoms with Gasteiger partial charge < -0.3 is 5.11 Å². The van der Waals surface area contributed by atoms with E-state index in [1.165, 1.54) is 19.1 Å². The topological polar surface area (TPSA) is 37.3 Å². The predicted octanol–water partition coefficient (Wildman–Crippen LogP) is 1.57. The highest BCUT2D eigenvalue weighted by Crippen LogP contribution is 2.26. The summed E-state index contributed by atoms with van der Waals surface area (Å²) in [5.74, 6) is -0.445. The van der Waals surface area contributed by atoms with Crippen molar-refractivity contribution >= 4 is 29.0 Å². The van der Waals surface area contributed by atoms with E-state index >= 15 is 0 Å². The van der Waals surface area contributed by atoms with E-state index in [1.807, 2.05) is 0 Å². The Hall–Kier alpha value is -0.310. The van der Waals surface area contributed by atoms with Crippen LogP contribution in [0, 0.1) is 0 Å². The summed E-state index contributed by atoms with van der Waals surface area (Å²) in [6.45, 7) is 1.49. The van der Waals surface area contributed by atoms with Gasteiger partial charge in [0.15, 0.2) is 0 Å². The molecular weight excluding hydrogens is 187 g/mol. The molecule has 0 unspecified atom stereocenters. The van der Waals surface area contributed by atoms with Crippen molar-refractivity contribution in [3.8, 4) is 0 Å². The van der Waals surface area contributed by atoms with Crippen LogP contribution in [0.4, 0.5) is 0 Å². The van der Waals surface area contributed by atoms with E-state index in [-0.39, 0.29) is 10.1 Å². The largest absolute Gasteiger partial charge is 0.382 e. The molecule has 60 valence electrons. The van der Waals surface area contributed by atoms with Gasteiger partial charge in [-0.15, -0.1) is 0 Å². The fraction of sp³-hybridized carbons (Fsp3) is 0.286. The standard InChI is InChI=1S/C7H6Cl2O2/c1-7(11)2-4(8)6(10)5(9)3-7/h2-3,11H,1H3. The molecule has 0 spiro atoms. The van der Waals surface area contributed by atoms with Crippen LogP contribution in [0.2, 0.25) is 0 Å². The lowest BCUT2D eigenvalue weighted by Crippen LogP contribution is -2.23. The van der Waals surface area contributed by atoms with Crippen LogP contribution in [0.1, 0.15) is 6.92 Å². The zero-order valence-corrected chi connectivity index (χ0v) is 7.28. The van der Waals surface area contributed by atoms with E-state index in [4.69, 9.17) is 23.2 Å². The molecule has 0 saturated heterocycles. The van der Waals surface area contributed by atoms with Gasteiger partial charge in [0.25, 0.3) is 0 Å². The van der Waals surface area contributed by atoms with Gasteiger partial charge in [-0.1, -0.05) is 23.2 Å². The summed E-state index contributed by atoms with van der Waals surface area (Å²) in [6, 6.07) is 0. The van der Waals surface area contributed by atoms with Crippen molar-refractivity contribution in [2.45, 2.75) is 12.5 Å². The zero-order chi connectivity index (χ0) is 8.65. The van der Waals surface area contributed by atoms with Crippen LogP contribution in [-0.2, 0) is 4.79 Å². The summed E-state index contributed by atoms with van der Waals surface area (Å²) in [5.41, 5.74) is -1.21. The monoisotopic (exact) mass is 192 g/mol. The van der Waals surface area contributed by atoms with Crippen molar-refractivity contribution in [3.05, 3.63) is 22.2 Å². The van der Waals surface area contributed by atoms with Crippen molar-refractivity contribution in [2.24, 2.45) is 0 Å². The molecule has 1 aliphatic rings. The molecule has 1 aliphatic carbocycles. The number of rotatable bonds is 0. The quantitative estimate of drug-likeness (QED) is 0.633. The van der Waals surface area contributed by atoms with Gasteiger partial charge in [-0.3, -0.25) is 4.79 Å². The number of halogens is 2. The SMILES string of the molecule is CC1(O)C=C(Cl)C(=O)C(Cl)=C1. The number of ketones is 1. The van der Waals surface area contributed by atoms with Crippen molar-refractivity contribution in [1.82, 2.24) is 0 Å². The molecule has 0 aliphatic heterocycles. The van der Waals surface area contributed by atoms with E-state index < -0.39 is 11.4 Å². The molecule has 0 aromatic carbocycles. The first-order chi connectivity index (χ1) is 4.92. The van der Waals surface area contributed by atoms with E-state index in [0.717, 1.165) is 0 Å². The first-order valence-electron chi connectivity index (χ1n) is 2.96. The first kappa shape index (κ1) is 8.78. The van der Waals surface area contributed by atoms with Crippen LogP contribution < -0.4 is 0 Å². The van der Waals surface area contributed by atoms with E-state index in [9.17, 15) is 9.90 Å². The molecule has 0 fully saturated rings. The summed E-state index contributed by atoms with van der Waals surface area (Å²) in [5, 5.41) is 9.28. The number of hydrogen-bond donors (Lipinski definition) is 1. The summed E-state index contributed by atoms with van der Waals surface area (Å²) in [4.78, 5) is 10.9. The molecule has 0 aromatic rings. The highest BCUT2D eigenvalue weighted by atomic mass is 35.5. The van der Waals surface area contributed by atoms with Crippen molar-refractivity contribution in [1.29, 1.82) is 0 Å². The number of carbonyl (C=O) groups is 1. The Bertz CT molecular complexity index is 240. The highest BCUT2D eigenvalue weighted by molar-refractivity contribution is 6.55. The zero-order valence-electron chi connectivity index (χ0n) is 5.77.